The molecule has 0 bridgehead atoms. The van der Waals surface area contributed by atoms with Gasteiger partial charge in [0.25, 0.3) is 0 Å². The number of aliphatic hydroxyl groups is 1. The van der Waals surface area contributed by atoms with Crippen LogP contribution in [0.25, 0.3) is 21.3 Å². The number of methoxy groups -OCH3 is 2. The molecule has 4 N–H and O–H groups in total. The standard InChI is InChI=1S/C54H65Cl2N9O8S/c1-33-50(74-32-60-33)35-15-13-34(14-16-35)29-59-52(69)43-23-37(66)31-65(43)53(70)51(54(2,3)4)62-47(67)11-8-7-9-12-48(68)64-20-18-63(19-21-64)17-10-22-73-46-26-41-38(24-45(46)72-6)49(36(28-57)30-58-41)61-42-27-44(71-5)40(56)25-39(42)55/h13-16,24-27,30,32,37,43,51,66H,7-12,17-23,29,31H2,1-6H3,(H,58,61)(H,59,69)(H,62,67)/t37?,43?,51-/m1/s1. The average molecular weight is 1070 g/mol. The van der Waals surface area contributed by atoms with Gasteiger partial charge < -0.3 is 45.1 Å². The van der Waals surface area contributed by atoms with E-state index in [1.54, 1.807) is 42.7 Å². The summed E-state index contributed by atoms with van der Waals surface area (Å²) in [6.45, 7) is 11.8. The van der Waals surface area contributed by atoms with Crippen LogP contribution in [0.1, 0.15) is 82.5 Å². The minimum Gasteiger partial charge on any atom is -0.495 e. The highest BCUT2D eigenvalue weighted by molar-refractivity contribution is 7.13. The van der Waals surface area contributed by atoms with Crippen LogP contribution in [0.15, 0.2) is 60.2 Å². The minimum atomic E-state index is -0.913. The maximum atomic E-state index is 14.1. The van der Waals surface area contributed by atoms with Crippen LogP contribution < -0.4 is 30.2 Å². The third kappa shape index (κ3) is 13.9. The Hall–Kier alpha value is -6.23. The number of thiazole rings is 1. The van der Waals surface area contributed by atoms with Crippen LogP contribution in [-0.2, 0) is 25.7 Å². The van der Waals surface area contributed by atoms with Crippen molar-refractivity contribution in [2.24, 2.45) is 5.41 Å². The first-order valence-corrected chi connectivity index (χ1v) is 26.5. The van der Waals surface area contributed by atoms with Crippen molar-refractivity contribution in [1.82, 2.24) is 35.3 Å². The Morgan fingerprint density at radius 1 is 0.919 bits per heavy atom. The summed E-state index contributed by atoms with van der Waals surface area (Å²) in [7, 11) is 3.06. The molecule has 2 aliphatic heterocycles. The number of benzene rings is 3. The lowest BCUT2D eigenvalue weighted by Crippen LogP contribution is -2.57. The number of halogens is 2. The first kappa shape index (κ1) is 55.5. The molecule has 2 saturated heterocycles. The number of amides is 4. The molecule has 7 rings (SSSR count). The lowest BCUT2D eigenvalue weighted by molar-refractivity contribution is -0.144. The van der Waals surface area contributed by atoms with Gasteiger partial charge in [0.2, 0.25) is 23.6 Å². The maximum absolute atomic E-state index is 14.1. The molecule has 0 radical (unpaired) electrons. The predicted octanol–water partition coefficient (Wildman–Crippen LogP) is 8.28. The van der Waals surface area contributed by atoms with Gasteiger partial charge in [-0.05, 0) is 54.9 Å². The molecule has 0 spiro atoms. The average Bonchev–Trinajstić information content (AvgIpc) is 4.01. The molecule has 74 heavy (non-hydrogen) atoms. The number of nitrogens with one attached hydrogen (secondary N) is 3. The molecular formula is C54H65Cl2N9O8S. The normalized spacial score (nSPS) is 16.4. The number of rotatable bonds is 21. The summed E-state index contributed by atoms with van der Waals surface area (Å²) >= 11 is 14.3. The van der Waals surface area contributed by atoms with Crippen molar-refractivity contribution in [2.75, 3.05) is 65.4 Å². The maximum Gasteiger partial charge on any atom is 0.246 e. The number of nitriles is 1. The van der Waals surface area contributed by atoms with Crippen molar-refractivity contribution in [3.8, 4) is 33.8 Å². The second-order valence-corrected chi connectivity index (χ2v) is 21.4. The number of hydrogen-bond donors (Lipinski definition) is 4. The lowest BCUT2D eigenvalue weighted by atomic mass is 9.85. The quantitative estimate of drug-likeness (QED) is 0.0511. The van der Waals surface area contributed by atoms with E-state index in [0.29, 0.717) is 101 Å². The molecular weight excluding hydrogens is 1010 g/mol. The highest BCUT2D eigenvalue weighted by Gasteiger charge is 2.44. The summed E-state index contributed by atoms with van der Waals surface area (Å²) in [5.74, 6) is 0.459. The zero-order chi connectivity index (χ0) is 53.1. The van der Waals surface area contributed by atoms with E-state index < -0.39 is 29.5 Å². The largest absolute Gasteiger partial charge is 0.495 e. The first-order valence-electron chi connectivity index (χ1n) is 24.9. The number of likely N-dealkylation sites (tertiary alicyclic amines) is 1. The van der Waals surface area contributed by atoms with Gasteiger partial charge in [-0.1, -0.05) is 74.7 Å². The molecule has 5 aromatic rings. The molecule has 3 aromatic carbocycles. The Bertz CT molecular complexity index is 2850. The molecule has 20 heteroatoms. The highest BCUT2D eigenvalue weighted by atomic mass is 35.5. The summed E-state index contributed by atoms with van der Waals surface area (Å²) in [5, 5.41) is 31.0. The molecule has 3 atom stereocenters. The molecule has 394 valence electrons. The number of carbonyl (C=O) groups excluding carboxylic acids is 4. The van der Waals surface area contributed by atoms with E-state index in [-0.39, 0.29) is 43.7 Å². The molecule has 4 amide bonds. The fraction of sp³-hybridized carbons (Fsp3) is 0.463. The number of fused-ring (bicyclic) bond motifs is 1. The number of nitrogens with zero attached hydrogens (tertiary/aromatic N) is 6. The Morgan fingerprint density at radius 2 is 1.65 bits per heavy atom. The van der Waals surface area contributed by atoms with Gasteiger partial charge in [-0.3, -0.25) is 29.1 Å². The van der Waals surface area contributed by atoms with Gasteiger partial charge in [0.1, 0.15) is 23.9 Å². The summed E-state index contributed by atoms with van der Waals surface area (Å²) in [6, 6.07) is 15.1. The van der Waals surface area contributed by atoms with Crippen molar-refractivity contribution in [1.29, 1.82) is 5.26 Å². The van der Waals surface area contributed by atoms with Gasteiger partial charge in [0.05, 0.1) is 75.5 Å². The molecule has 2 aromatic heterocycles. The Morgan fingerprint density at radius 3 is 2.32 bits per heavy atom. The van der Waals surface area contributed by atoms with Gasteiger partial charge in [0.15, 0.2) is 11.5 Å². The monoisotopic (exact) mass is 1070 g/mol. The number of hydrogen-bond acceptors (Lipinski definition) is 14. The number of piperazine rings is 1. The van der Waals surface area contributed by atoms with Crippen molar-refractivity contribution >= 4 is 80.4 Å². The second kappa shape index (κ2) is 25.3. The van der Waals surface area contributed by atoms with E-state index in [4.69, 9.17) is 37.4 Å². The predicted molar refractivity (Wildman–Crippen MR) is 287 cm³/mol. The summed E-state index contributed by atoms with van der Waals surface area (Å²) in [6.07, 6.45) is 3.90. The van der Waals surface area contributed by atoms with Gasteiger partial charge in [0, 0.05) is 88.8 Å². The van der Waals surface area contributed by atoms with Crippen LogP contribution in [0.5, 0.6) is 17.2 Å². The van der Waals surface area contributed by atoms with E-state index in [1.165, 1.54) is 18.2 Å². The van der Waals surface area contributed by atoms with Crippen LogP contribution >= 0.6 is 34.5 Å². The zero-order valence-electron chi connectivity index (χ0n) is 42.8. The van der Waals surface area contributed by atoms with Crippen molar-refractivity contribution in [3.63, 3.8) is 0 Å². The van der Waals surface area contributed by atoms with E-state index in [1.807, 2.05) is 62.4 Å². The molecule has 0 aliphatic carbocycles. The molecule has 4 heterocycles. The summed E-state index contributed by atoms with van der Waals surface area (Å²) in [4.78, 5) is 69.5. The smallest absolute Gasteiger partial charge is 0.246 e. The van der Waals surface area contributed by atoms with E-state index in [0.717, 1.165) is 47.8 Å². The highest BCUT2D eigenvalue weighted by Crippen LogP contribution is 2.41. The number of β-amino-alcohol motifs (C(OH)–C–C–N with tert-alkyl or cyclic N) is 1. The van der Waals surface area contributed by atoms with Gasteiger partial charge in [-0.2, -0.15) is 5.26 Å². The number of aromatic nitrogens is 2. The second-order valence-electron chi connectivity index (χ2n) is 19.7. The van der Waals surface area contributed by atoms with Crippen LogP contribution in [-0.4, -0.2) is 132 Å². The van der Waals surface area contributed by atoms with Gasteiger partial charge in [-0.15, -0.1) is 11.3 Å². The topological polar surface area (TPSA) is 212 Å². The third-order valence-electron chi connectivity index (χ3n) is 13.4. The zero-order valence-corrected chi connectivity index (χ0v) is 45.1. The number of unbranched alkanes of at least 4 members (excludes halogenated alkanes) is 2. The number of aryl methyl sites for hydroxylation is 1. The number of anilines is 2. The number of pyridine rings is 1. The van der Waals surface area contributed by atoms with E-state index in [2.05, 4.69) is 36.9 Å². The third-order valence-corrected chi connectivity index (χ3v) is 15.0. The van der Waals surface area contributed by atoms with E-state index in [9.17, 15) is 29.5 Å². The van der Waals surface area contributed by atoms with Gasteiger partial charge >= 0.3 is 0 Å². The first-order chi connectivity index (χ1) is 35.5. The fourth-order valence-electron chi connectivity index (χ4n) is 9.21. The summed E-state index contributed by atoms with van der Waals surface area (Å²) in [5.41, 5.74) is 5.92. The number of carbonyl (C=O) groups is 4. The van der Waals surface area contributed by atoms with Crippen LogP contribution in [0, 0.1) is 23.7 Å². The molecule has 17 nitrogen and oxygen atoms in total. The molecule has 0 saturated carbocycles. The SMILES string of the molecule is COc1cc(Nc2c(C#N)cnc3cc(OCCCN4CCN(C(=O)CCCCCC(=O)N[C@H](C(=O)N5CC(O)CC5C(=O)NCc5ccc(-c6scnc6C)cc5)C(C)(C)C)CC4)c(OC)cc23)c(Cl)cc1Cl. The van der Waals surface area contributed by atoms with Gasteiger partial charge in [-0.25, -0.2) is 4.98 Å². The van der Waals surface area contributed by atoms with Crippen LogP contribution in [0.3, 0.4) is 0 Å². The Kier molecular flexibility index (Phi) is 19.0. The molecule has 2 fully saturated rings. The van der Waals surface area contributed by atoms with Crippen molar-refractivity contribution < 1.29 is 38.5 Å². The minimum absolute atomic E-state index is 0.00300. The molecule has 2 aliphatic rings. The Labute approximate surface area is 446 Å². The number of ether oxygens (including phenoxy) is 3. The van der Waals surface area contributed by atoms with E-state index >= 15 is 0 Å². The van der Waals surface area contributed by atoms with Crippen molar-refractivity contribution in [3.05, 3.63) is 87.1 Å². The number of aliphatic hydroxyl groups excluding tert-OH is 1. The van der Waals surface area contributed by atoms with Crippen LogP contribution in [0.4, 0.5) is 11.4 Å². The fourth-order valence-corrected chi connectivity index (χ4v) is 10.5. The van der Waals surface area contributed by atoms with Crippen LogP contribution in [0.2, 0.25) is 10.0 Å². The molecule has 2 unspecified atom stereocenters. The lowest BCUT2D eigenvalue weighted by Gasteiger charge is -2.35. The summed E-state index contributed by atoms with van der Waals surface area (Å²) < 4.78 is 17.3. The Balaban J connectivity index is 0.804. The van der Waals surface area contributed by atoms with Crippen molar-refractivity contribution in [2.45, 2.75) is 97.4 Å².